The van der Waals surface area contributed by atoms with E-state index < -0.39 is 19.4 Å². The van der Waals surface area contributed by atoms with Crippen LogP contribution in [-0.2, 0) is 0 Å². The summed E-state index contributed by atoms with van der Waals surface area (Å²) in [6, 6.07) is -0.477. The minimum atomic E-state index is -0.565. The standard InChI is InChI=1S/C6H10F2N/c7-4-6(5-8)9-2-1-3-9/h1,6H,2-5H2. The first kappa shape index (κ1) is 6.93. The molecule has 0 aliphatic carbocycles. The van der Waals surface area contributed by atoms with Gasteiger partial charge in [0.25, 0.3) is 0 Å². The number of nitrogens with zero attached hydrogens (tertiary/aromatic N) is 1. The SMILES string of the molecule is FCC(CF)N1C[CH]C1. The quantitative estimate of drug-likeness (QED) is 0.552. The summed E-state index contributed by atoms with van der Waals surface area (Å²) in [5.74, 6) is 0. The van der Waals surface area contributed by atoms with E-state index in [-0.39, 0.29) is 0 Å². The maximum absolute atomic E-state index is 11.8. The number of halogens is 2. The van der Waals surface area contributed by atoms with E-state index in [0.717, 1.165) is 13.1 Å². The zero-order valence-electron chi connectivity index (χ0n) is 5.19. The van der Waals surface area contributed by atoms with E-state index in [1.807, 2.05) is 6.42 Å². The predicted molar refractivity (Wildman–Crippen MR) is 31.6 cm³/mol. The number of rotatable bonds is 3. The highest BCUT2D eigenvalue weighted by Crippen LogP contribution is 2.10. The van der Waals surface area contributed by atoms with Crippen molar-refractivity contribution in [1.29, 1.82) is 0 Å². The van der Waals surface area contributed by atoms with Crippen LogP contribution in [-0.4, -0.2) is 37.4 Å². The number of alkyl halides is 2. The lowest BCUT2D eigenvalue weighted by molar-refractivity contribution is 0.117. The van der Waals surface area contributed by atoms with Crippen LogP contribution >= 0.6 is 0 Å². The van der Waals surface area contributed by atoms with E-state index in [9.17, 15) is 8.78 Å². The highest BCUT2D eigenvalue weighted by Gasteiger charge is 2.23. The van der Waals surface area contributed by atoms with Crippen LogP contribution in [0.1, 0.15) is 0 Å². The van der Waals surface area contributed by atoms with E-state index in [1.165, 1.54) is 0 Å². The van der Waals surface area contributed by atoms with Gasteiger partial charge in [-0.1, -0.05) is 0 Å². The van der Waals surface area contributed by atoms with Gasteiger partial charge in [0.1, 0.15) is 13.3 Å². The molecular formula is C6H10F2N. The van der Waals surface area contributed by atoms with Crippen molar-refractivity contribution in [3.63, 3.8) is 0 Å². The summed E-state index contributed by atoms with van der Waals surface area (Å²) in [5, 5.41) is 0. The molecule has 1 aliphatic heterocycles. The van der Waals surface area contributed by atoms with Crippen molar-refractivity contribution in [3.8, 4) is 0 Å². The molecule has 1 fully saturated rings. The Morgan fingerprint density at radius 3 is 2.00 bits per heavy atom. The molecule has 0 saturated carbocycles. The second-order valence-corrected chi connectivity index (χ2v) is 2.21. The van der Waals surface area contributed by atoms with E-state index in [0.29, 0.717) is 0 Å². The topological polar surface area (TPSA) is 3.24 Å². The lowest BCUT2D eigenvalue weighted by Gasteiger charge is -2.35. The third-order valence-corrected chi connectivity index (χ3v) is 1.60. The Bertz CT molecular complexity index is 79.1. The van der Waals surface area contributed by atoms with Gasteiger partial charge in [-0.25, -0.2) is 8.78 Å². The highest BCUT2D eigenvalue weighted by atomic mass is 19.1. The van der Waals surface area contributed by atoms with Crippen molar-refractivity contribution in [1.82, 2.24) is 4.90 Å². The maximum Gasteiger partial charge on any atom is 0.107 e. The van der Waals surface area contributed by atoms with Crippen molar-refractivity contribution < 1.29 is 8.78 Å². The minimum Gasteiger partial charge on any atom is -0.295 e. The summed E-state index contributed by atoms with van der Waals surface area (Å²) in [5.41, 5.74) is 0. The van der Waals surface area contributed by atoms with Gasteiger partial charge in [0, 0.05) is 13.1 Å². The second-order valence-electron chi connectivity index (χ2n) is 2.21. The van der Waals surface area contributed by atoms with Crippen LogP contribution < -0.4 is 0 Å². The van der Waals surface area contributed by atoms with Crippen LogP contribution in [0.25, 0.3) is 0 Å². The van der Waals surface area contributed by atoms with Gasteiger partial charge in [0.15, 0.2) is 0 Å². The van der Waals surface area contributed by atoms with Gasteiger partial charge >= 0.3 is 0 Å². The maximum atomic E-state index is 11.8. The van der Waals surface area contributed by atoms with E-state index in [2.05, 4.69) is 0 Å². The summed E-state index contributed by atoms with van der Waals surface area (Å²) in [7, 11) is 0. The zero-order chi connectivity index (χ0) is 6.69. The van der Waals surface area contributed by atoms with Crippen molar-refractivity contribution in [2.75, 3.05) is 26.4 Å². The van der Waals surface area contributed by atoms with Gasteiger partial charge < -0.3 is 0 Å². The summed E-state index contributed by atoms with van der Waals surface area (Å²) in [4.78, 5) is 1.78. The zero-order valence-corrected chi connectivity index (χ0v) is 5.19. The molecule has 1 nitrogen and oxygen atoms in total. The number of hydrogen-bond donors (Lipinski definition) is 0. The van der Waals surface area contributed by atoms with Crippen LogP contribution in [0.3, 0.4) is 0 Å². The Hall–Kier alpha value is -0.180. The first-order valence-corrected chi connectivity index (χ1v) is 3.06. The Kier molecular flexibility index (Phi) is 2.39. The molecule has 1 aliphatic rings. The number of likely N-dealkylation sites (tertiary alicyclic amines) is 1. The van der Waals surface area contributed by atoms with Gasteiger partial charge in [0.2, 0.25) is 0 Å². The largest absolute Gasteiger partial charge is 0.295 e. The molecule has 1 saturated heterocycles. The molecule has 0 aromatic carbocycles. The molecule has 0 aromatic rings. The molecule has 0 amide bonds. The van der Waals surface area contributed by atoms with E-state index in [1.54, 1.807) is 4.90 Å². The second kappa shape index (κ2) is 3.11. The first-order valence-electron chi connectivity index (χ1n) is 3.06. The monoisotopic (exact) mass is 134 g/mol. The van der Waals surface area contributed by atoms with Gasteiger partial charge in [-0.05, 0) is 6.42 Å². The third kappa shape index (κ3) is 1.39. The van der Waals surface area contributed by atoms with Gasteiger partial charge in [0.05, 0.1) is 6.04 Å². The average Bonchev–Trinajstić information content (AvgIpc) is 1.78. The fourth-order valence-electron chi connectivity index (χ4n) is 0.813. The van der Waals surface area contributed by atoms with Crippen molar-refractivity contribution in [2.24, 2.45) is 0 Å². The normalized spacial score (nSPS) is 20.3. The van der Waals surface area contributed by atoms with E-state index >= 15 is 0 Å². The molecular weight excluding hydrogens is 124 g/mol. The molecule has 0 atom stereocenters. The molecule has 1 heterocycles. The smallest absolute Gasteiger partial charge is 0.107 e. The molecule has 3 heteroatoms. The Balaban J connectivity index is 2.19. The van der Waals surface area contributed by atoms with Gasteiger partial charge in [-0.15, -0.1) is 0 Å². The molecule has 1 rings (SSSR count). The van der Waals surface area contributed by atoms with Gasteiger partial charge in [-0.3, -0.25) is 4.90 Å². The Labute approximate surface area is 53.6 Å². The van der Waals surface area contributed by atoms with Crippen LogP contribution in [0, 0.1) is 6.42 Å². The van der Waals surface area contributed by atoms with Crippen LogP contribution in [0.2, 0.25) is 0 Å². The molecule has 0 aromatic heterocycles. The molecule has 0 spiro atoms. The van der Waals surface area contributed by atoms with Crippen LogP contribution in [0.15, 0.2) is 0 Å². The highest BCUT2D eigenvalue weighted by molar-refractivity contribution is 4.90. The summed E-state index contributed by atoms with van der Waals surface area (Å²) in [6.07, 6.45) is 2.00. The van der Waals surface area contributed by atoms with Gasteiger partial charge in [-0.2, -0.15) is 0 Å². The lowest BCUT2D eigenvalue weighted by atomic mass is 10.1. The first-order chi connectivity index (χ1) is 4.38. The predicted octanol–water partition coefficient (Wildman–Crippen LogP) is 0.814. The summed E-state index contributed by atoms with van der Waals surface area (Å²) in [6.45, 7) is 0.367. The van der Waals surface area contributed by atoms with E-state index in [4.69, 9.17) is 0 Å². The summed E-state index contributed by atoms with van der Waals surface area (Å²) >= 11 is 0. The van der Waals surface area contributed by atoms with Crippen LogP contribution in [0.4, 0.5) is 8.78 Å². The molecule has 0 N–H and O–H groups in total. The Morgan fingerprint density at radius 1 is 1.33 bits per heavy atom. The summed E-state index contributed by atoms with van der Waals surface area (Å²) < 4.78 is 23.7. The fraction of sp³-hybridized carbons (Fsp3) is 0.833. The third-order valence-electron chi connectivity index (χ3n) is 1.60. The van der Waals surface area contributed by atoms with Crippen molar-refractivity contribution >= 4 is 0 Å². The molecule has 53 valence electrons. The minimum absolute atomic E-state index is 0.477. The lowest BCUT2D eigenvalue weighted by Crippen LogP contribution is -2.47. The molecule has 9 heavy (non-hydrogen) atoms. The van der Waals surface area contributed by atoms with Crippen molar-refractivity contribution in [3.05, 3.63) is 6.42 Å². The molecule has 0 unspecified atom stereocenters. The van der Waals surface area contributed by atoms with Crippen molar-refractivity contribution in [2.45, 2.75) is 6.04 Å². The molecule has 1 radical (unpaired) electrons. The Morgan fingerprint density at radius 2 is 1.89 bits per heavy atom. The van der Waals surface area contributed by atoms with Crippen LogP contribution in [0.5, 0.6) is 0 Å². The average molecular weight is 134 g/mol. The number of hydrogen-bond acceptors (Lipinski definition) is 1. The molecule has 0 bridgehead atoms. The fourth-order valence-corrected chi connectivity index (χ4v) is 0.813.